The maximum absolute atomic E-state index is 5.95. The maximum Gasteiger partial charge on any atom is 0.119 e. The summed E-state index contributed by atoms with van der Waals surface area (Å²) in [4.78, 5) is 2.54. The minimum Gasteiger partial charge on any atom is -0.494 e. The summed E-state index contributed by atoms with van der Waals surface area (Å²) in [6.07, 6.45) is 3.84. The number of ether oxygens (including phenoxy) is 1. The van der Waals surface area contributed by atoms with E-state index in [0.29, 0.717) is 5.92 Å². The van der Waals surface area contributed by atoms with Crippen molar-refractivity contribution in [3.63, 3.8) is 0 Å². The Morgan fingerprint density at radius 2 is 1.77 bits per heavy atom. The first-order valence-corrected chi connectivity index (χ1v) is 8.61. The van der Waals surface area contributed by atoms with E-state index in [0.717, 1.165) is 18.8 Å². The summed E-state index contributed by atoms with van der Waals surface area (Å²) >= 11 is 0. The molecule has 2 aromatic rings. The number of benzene rings is 2. The van der Waals surface area contributed by atoms with E-state index >= 15 is 0 Å². The predicted octanol–water partition coefficient (Wildman–Crippen LogP) is 4.83. The topological polar surface area (TPSA) is 12.5 Å². The molecular formula is C20H27NO. The molecule has 0 amide bonds. The van der Waals surface area contributed by atoms with Gasteiger partial charge in [0, 0.05) is 6.54 Å². The zero-order valence-electron chi connectivity index (χ0n) is 13.8. The van der Waals surface area contributed by atoms with Gasteiger partial charge in [-0.15, -0.1) is 0 Å². The smallest absolute Gasteiger partial charge is 0.119 e. The van der Waals surface area contributed by atoms with Gasteiger partial charge in [0.25, 0.3) is 0 Å². The van der Waals surface area contributed by atoms with Crippen LogP contribution in [-0.2, 0) is 0 Å². The number of hydrogen-bond acceptors (Lipinski definition) is 2. The summed E-state index contributed by atoms with van der Waals surface area (Å²) in [7, 11) is 0. The first kappa shape index (κ1) is 15.4. The summed E-state index contributed by atoms with van der Waals surface area (Å²) in [6, 6.07) is 13.2. The van der Waals surface area contributed by atoms with Crippen molar-refractivity contribution in [3.05, 3.63) is 42.0 Å². The van der Waals surface area contributed by atoms with E-state index in [9.17, 15) is 0 Å². The van der Waals surface area contributed by atoms with Crippen LogP contribution in [0.15, 0.2) is 36.4 Å². The van der Waals surface area contributed by atoms with Crippen LogP contribution >= 0.6 is 0 Å². The Balaban J connectivity index is 1.58. The normalized spacial score (nSPS) is 15.8. The SMILES string of the molecule is CC(C)c1ccc2ccc(OCCCN3CCCC3)cc2c1. The first-order chi connectivity index (χ1) is 10.7. The predicted molar refractivity (Wildman–Crippen MR) is 93.8 cm³/mol. The largest absolute Gasteiger partial charge is 0.494 e. The Labute approximate surface area is 134 Å². The molecule has 0 aromatic heterocycles. The lowest BCUT2D eigenvalue weighted by Gasteiger charge is -2.14. The van der Waals surface area contributed by atoms with Crippen LogP contribution in [0.4, 0.5) is 0 Å². The molecule has 0 atom stereocenters. The van der Waals surface area contributed by atoms with E-state index in [-0.39, 0.29) is 0 Å². The van der Waals surface area contributed by atoms with Crippen molar-refractivity contribution in [3.8, 4) is 5.75 Å². The molecular weight excluding hydrogens is 270 g/mol. The van der Waals surface area contributed by atoms with Crippen LogP contribution in [0.5, 0.6) is 5.75 Å². The third kappa shape index (κ3) is 3.80. The molecule has 0 bridgehead atoms. The fourth-order valence-electron chi connectivity index (χ4n) is 3.18. The van der Waals surface area contributed by atoms with Crippen LogP contribution in [-0.4, -0.2) is 31.1 Å². The molecule has 1 fully saturated rings. The molecule has 2 heteroatoms. The molecule has 0 saturated carbocycles. The number of hydrogen-bond donors (Lipinski definition) is 0. The van der Waals surface area contributed by atoms with E-state index in [1.165, 1.54) is 48.8 Å². The molecule has 0 spiro atoms. The molecule has 3 rings (SSSR count). The van der Waals surface area contributed by atoms with E-state index in [4.69, 9.17) is 4.74 Å². The van der Waals surface area contributed by atoms with Gasteiger partial charge in [0.2, 0.25) is 0 Å². The van der Waals surface area contributed by atoms with Gasteiger partial charge in [0.15, 0.2) is 0 Å². The van der Waals surface area contributed by atoms with Crippen LogP contribution in [0.3, 0.4) is 0 Å². The second-order valence-corrected chi connectivity index (χ2v) is 6.67. The quantitative estimate of drug-likeness (QED) is 0.708. The minimum atomic E-state index is 0.564. The second-order valence-electron chi connectivity index (χ2n) is 6.67. The lowest BCUT2D eigenvalue weighted by molar-refractivity contribution is 0.263. The summed E-state index contributed by atoms with van der Waals surface area (Å²) in [5.41, 5.74) is 1.39. The van der Waals surface area contributed by atoms with Crippen LogP contribution in [0.25, 0.3) is 10.8 Å². The Morgan fingerprint density at radius 1 is 1.00 bits per heavy atom. The Bertz CT molecular complexity index is 614. The summed E-state index contributed by atoms with van der Waals surface area (Å²) in [5, 5.41) is 2.57. The van der Waals surface area contributed by atoms with E-state index in [1.807, 2.05) is 0 Å². The molecule has 0 aliphatic carbocycles. The Morgan fingerprint density at radius 3 is 2.55 bits per heavy atom. The molecule has 1 aliphatic heterocycles. The molecule has 22 heavy (non-hydrogen) atoms. The van der Waals surface area contributed by atoms with Crippen LogP contribution in [0.2, 0.25) is 0 Å². The standard InChI is InChI=1S/C20H27NO/c1-16(2)18-7-6-17-8-9-20(15-19(17)14-18)22-13-5-12-21-10-3-4-11-21/h6-9,14-16H,3-5,10-13H2,1-2H3. The highest BCUT2D eigenvalue weighted by Gasteiger charge is 2.10. The van der Waals surface area contributed by atoms with Gasteiger partial charge in [-0.3, -0.25) is 0 Å². The van der Waals surface area contributed by atoms with Gasteiger partial charge in [-0.25, -0.2) is 0 Å². The highest BCUT2D eigenvalue weighted by Crippen LogP contribution is 2.25. The first-order valence-electron chi connectivity index (χ1n) is 8.61. The minimum absolute atomic E-state index is 0.564. The zero-order chi connectivity index (χ0) is 15.4. The van der Waals surface area contributed by atoms with Crippen molar-refractivity contribution < 1.29 is 4.74 Å². The highest BCUT2D eigenvalue weighted by molar-refractivity contribution is 5.84. The maximum atomic E-state index is 5.95. The number of fused-ring (bicyclic) bond motifs is 1. The summed E-state index contributed by atoms with van der Waals surface area (Å²) < 4.78 is 5.95. The highest BCUT2D eigenvalue weighted by atomic mass is 16.5. The molecule has 0 unspecified atom stereocenters. The fourth-order valence-corrected chi connectivity index (χ4v) is 3.18. The Kier molecular flexibility index (Phi) is 4.99. The van der Waals surface area contributed by atoms with Crippen LogP contribution < -0.4 is 4.74 Å². The number of likely N-dealkylation sites (tertiary alicyclic amines) is 1. The number of rotatable bonds is 6. The molecule has 1 heterocycles. The van der Waals surface area contributed by atoms with Crippen LogP contribution in [0, 0.1) is 0 Å². The van der Waals surface area contributed by atoms with Gasteiger partial charge >= 0.3 is 0 Å². The van der Waals surface area contributed by atoms with Gasteiger partial charge in [0.1, 0.15) is 5.75 Å². The van der Waals surface area contributed by atoms with Gasteiger partial charge in [-0.2, -0.15) is 0 Å². The summed E-state index contributed by atoms with van der Waals surface area (Å²) in [6.45, 7) is 9.00. The molecule has 118 valence electrons. The molecule has 2 aromatic carbocycles. The molecule has 1 aliphatic rings. The van der Waals surface area contributed by atoms with Crippen molar-refractivity contribution in [2.24, 2.45) is 0 Å². The van der Waals surface area contributed by atoms with Crippen molar-refractivity contribution in [1.29, 1.82) is 0 Å². The van der Waals surface area contributed by atoms with E-state index in [1.54, 1.807) is 0 Å². The van der Waals surface area contributed by atoms with Crippen LogP contribution in [0.1, 0.15) is 44.6 Å². The zero-order valence-corrected chi connectivity index (χ0v) is 13.8. The third-order valence-corrected chi connectivity index (χ3v) is 4.59. The monoisotopic (exact) mass is 297 g/mol. The lowest BCUT2D eigenvalue weighted by Crippen LogP contribution is -2.21. The van der Waals surface area contributed by atoms with E-state index in [2.05, 4.69) is 55.1 Å². The van der Waals surface area contributed by atoms with Gasteiger partial charge < -0.3 is 9.64 Å². The van der Waals surface area contributed by atoms with Crippen molar-refractivity contribution in [2.75, 3.05) is 26.2 Å². The summed E-state index contributed by atoms with van der Waals surface area (Å²) in [5.74, 6) is 1.56. The van der Waals surface area contributed by atoms with Gasteiger partial charge in [-0.05, 0) is 66.7 Å². The number of nitrogens with zero attached hydrogens (tertiary/aromatic N) is 1. The van der Waals surface area contributed by atoms with Crippen molar-refractivity contribution >= 4 is 10.8 Å². The van der Waals surface area contributed by atoms with Gasteiger partial charge in [0.05, 0.1) is 6.61 Å². The molecule has 0 radical (unpaired) electrons. The molecule has 1 saturated heterocycles. The third-order valence-electron chi connectivity index (χ3n) is 4.59. The second kappa shape index (κ2) is 7.15. The lowest BCUT2D eigenvalue weighted by atomic mass is 9.99. The average molecular weight is 297 g/mol. The van der Waals surface area contributed by atoms with E-state index < -0.39 is 0 Å². The molecule has 0 N–H and O–H groups in total. The fraction of sp³-hybridized carbons (Fsp3) is 0.500. The van der Waals surface area contributed by atoms with Gasteiger partial charge in [-0.1, -0.05) is 38.1 Å². The van der Waals surface area contributed by atoms with Crippen molar-refractivity contribution in [2.45, 2.75) is 39.0 Å². The average Bonchev–Trinajstić information content (AvgIpc) is 3.04. The van der Waals surface area contributed by atoms with Crippen molar-refractivity contribution in [1.82, 2.24) is 4.90 Å². The molecule has 2 nitrogen and oxygen atoms in total. The Hall–Kier alpha value is -1.54.